The number of H-pyrrole nitrogens is 1. The minimum Gasteiger partial charge on any atom is -0.358 e. The van der Waals surface area contributed by atoms with Crippen molar-refractivity contribution >= 4 is 11.8 Å². The highest BCUT2D eigenvalue weighted by molar-refractivity contribution is 5.25. The fourth-order valence-electron chi connectivity index (χ4n) is 0.489. The van der Waals surface area contributed by atoms with E-state index in [0.29, 0.717) is 0 Å². The van der Waals surface area contributed by atoms with Gasteiger partial charge in [-0.2, -0.15) is 0 Å². The third-order valence-corrected chi connectivity index (χ3v) is 0.877. The molecule has 0 aromatic carbocycles. The van der Waals surface area contributed by atoms with E-state index >= 15 is 0 Å². The first kappa shape index (κ1) is 7.03. The number of nitrogens with one attached hydrogen (secondary N) is 1. The summed E-state index contributed by atoms with van der Waals surface area (Å²) in [5, 5.41) is 13.0. The predicted molar refractivity (Wildman–Crippen MR) is 34.0 cm³/mol. The molecule has 8 heteroatoms. The molecule has 0 aliphatic rings. The van der Waals surface area contributed by atoms with E-state index < -0.39 is 4.92 Å². The van der Waals surface area contributed by atoms with Crippen LogP contribution in [0, 0.1) is 10.1 Å². The van der Waals surface area contributed by atoms with E-state index in [1.54, 1.807) is 0 Å². The molecule has 11 heavy (non-hydrogen) atoms. The fourth-order valence-corrected chi connectivity index (χ4v) is 0.489. The van der Waals surface area contributed by atoms with Gasteiger partial charge in [-0.05, 0) is 15.4 Å². The van der Waals surface area contributed by atoms with Gasteiger partial charge in [0.05, 0.1) is 0 Å². The normalized spacial score (nSPS) is 8.73. The number of nitro groups is 1. The standard InChI is InChI=1S/C3H2N6O2/c4-8-7-3-5-1-2(6-3)9(10)11/h1H,(H,5,6). The van der Waals surface area contributed by atoms with E-state index in [-0.39, 0.29) is 11.8 Å². The second-order valence-electron chi connectivity index (χ2n) is 1.53. The van der Waals surface area contributed by atoms with Crippen molar-refractivity contribution in [2.45, 2.75) is 0 Å². The van der Waals surface area contributed by atoms with Crippen molar-refractivity contribution in [1.29, 1.82) is 0 Å². The van der Waals surface area contributed by atoms with Crippen LogP contribution in [0.4, 0.5) is 11.8 Å². The Morgan fingerprint density at radius 2 is 2.64 bits per heavy atom. The van der Waals surface area contributed by atoms with Crippen LogP contribution in [0.3, 0.4) is 0 Å². The highest BCUT2D eigenvalue weighted by Crippen LogP contribution is 2.11. The minimum absolute atomic E-state index is 0.112. The molecule has 1 aromatic heterocycles. The van der Waals surface area contributed by atoms with Gasteiger partial charge in [-0.15, -0.1) is 0 Å². The second-order valence-corrected chi connectivity index (χ2v) is 1.53. The Morgan fingerprint density at radius 1 is 1.91 bits per heavy atom. The lowest BCUT2D eigenvalue weighted by Crippen LogP contribution is -1.85. The van der Waals surface area contributed by atoms with Crippen molar-refractivity contribution in [2.75, 3.05) is 0 Å². The highest BCUT2D eigenvalue weighted by atomic mass is 16.6. The molecular weight excluding hydrogens is 152 g/mol. The Balaban J connectivity index is 2.99. The molecule has 0 spiro atoms. The van der Waals surface area contributed by atoms with Crippen molar-refractivity contribution in [2.24, 2.45) is 5.11 Å². The van der Waals surface area contributed by atoms with Crippen LogP contribution < -0.4 is 0 Å². The smallest absolute Gasteiger partial charge is 0.358 e. The monoisotopic (exact) mass is 154 g/mol. The summed E-state index contributed by atoms with van der Waals surface area (Å²) in [5.74, 6) is -0.480. The molecule has 0 aliphatic carbocycles. The van der Waals surface area contributed by atoms with Gasteiger partial charge in [0, 0.05) is 10.0 Å². The molecule has 0 atom stereocenters. The summed E-state index contributed by atoms with van der Waals surface area (Å²) in [7, 11) is 0. The topological polar surface area (TPSA) is 121 Å². The lowest BCUT2D eigenvalue weighted by Gasteiger charge is -1.81. The maximum absolute atomic E-state index is 10.0. The third kappa shape index (κ3) is 1.43. The molecule has 1 rings (SSSR count). The highest BCUT2D eigenvalue weighted by Gasteiger charge is 2.10. The van der Waals surface area contributed by atoms with Crippen LogP contribution in [0.1, 0.15) is 0 Å². The molecule has 0 radical (unpaired) electrons. The van der Waals surface area contributed by atoms with Gasteiger partial charge in [-0.1, -0.05) is 0 Å². The summed E-state index contributed by atoms with van der Waals surface area (Å²) in [6.45, 7) is 0. The molecule has 0 saturated heterocycles. The van der Waals surface area contributed by atoms with Crippen molar-refractivity contribution in [3.8, 4) is 0 Å². The first-order valence-electron chi connectivity index (χ1n) is 2.49. The molecule has 0 fully saturated rings. The Morgan fingerprint density at radius 3 is 3.09 bits per heavy atom. The van der Waals surface area contributed by atoms with Crippen LogP contribution >= 0.6 is 0 Å². The molecule has 0 bridgehead atoms. The minimum atomic E-state index is -0.688. The maximum atomic E-state index is 10.0. The van der Waals surface area contributed by atoms with Gasteiger partial charge >= 0.3 is 11.8 Å². The molecule has 8 nitrogen and oxygen atoms in total. The van der Waals surface area contributed by atoms with Crippen molar-refractivity contribution < 1.29 is 4.92 Å². The van der Waals surface area contributed by atoms with Crippen LogP contribution in [-0.4, -0.2) is 14.9 Å². The molecule has 56 valence electrons. The average Bonchev–Trinajstić information content (AvgIpc) is 2.37. The summed E-state index contributed by atoms with van der Waals surface area (Å²) in [6, 6.07) is 0. The van der Waals surface area contributed by atoms with Gasteiger partial charge in [-0.25, -0.2) is 0 Å². The van der Waals surface area contributed by atoms with Gasteiger partial charge in [0.15, 0.2) is 0 Å². The van der Waals surface area contributed by atoms with E-state index in [1.165, 1.54) is 0 Å². The van der Waals surface area contributed by atoms with Gasteiger partial charge < -0.3 is 15.1 Å². The molecule has 1 heterocycles. The number of imidazole rings is 1. The lowest BCUT2D eigenvalue weighted by molar-refractivity contribution is -0.389. The SMILES string of the molecule is [N-]=[N+]=Nc1nc([N+](=O)[O-])c[nH]1. The number of hydrogen-bond donors (Lipinski definition) is 1. The Bertz CT molecular complexity index is 306. The number of hydrogen-bond acceptors (Lipinski definition) is 4. The number of azide groups is 1. The lowest BCUT2D eigenvalue weighted by atomic mass is 10.8. The first-order valence-corrected chi connectivity index (χ1v) is 2.49. The van der Waals surface area contributed by atoms with Gasteiger partial charge in [-0.3, -0.25) is 0 Å². The average molecular weight is 154 g/mol. The van der Waals surface area contributed by atoms with Gasteiger partial charge in [0.1, 0.15) is 6.20 Å². The summed E-state index contributed by atoms with van der Waals surface area (Å²) in [4.78, 5) is 17.3. The molecule has 1 aromatic rings. The zero-order chi connectivity index (χ0) is 8.27. The van der Waals surface area contributed by atoms with Crippen LogP contribution in [0.15, 0.2) is 11.3 Å². The Labute approximate surface area is 59.6 Å². The van der Waals surface area contributed by atoms with E-state index in [1.807, 2.05) is 0 Å². The molecule has 1 N–H and O–H groups in total. The summed E-state index contributed by atoms with van der Waals surface area (Å²) < 4.78 is 0. The molecule has 0 unspecified atom stereocenters. The second kappa shape index (κ2) is 2.67. The van der Waals surface area contributed by atoms with Crippen LogP contribution in [0.25, 0.3) is 10.4 Å². The molecular formula is C3H2N6O2. The largest absolute Gasteiger partial charge is 0.381 e. The Hall–Kier alpha value is -2.08. The zero-order valence-electron chi connectivity index (χ0n) is 5.13. The van der Waals surface area contributed by atoms with Crippen molar-refractivity contribution in [3.63, 3.8) is 0 Å². The maximum Gasteiger partial charge on any atom is 0.381 e. The molecule has 0 aliphatic heterocycles. The zero-order valence-corrected chi connectivity index (χ0v) is 5.13. The van der Waals surface area contributed by atoms with Gasteiger partial charge in [0.25, 0.3) is 0 Å². The number of aromatic nitrogens is 2. The summed E-state index contributed by atoms with van der Waals surface area (Å²) in [5.41, 5.74) is 7.90. The van der Waals surface area contributed by atoms with E-state index in [9.17, 15) is 10.1 Å². The number of rotatable bonds is 2. The quantitative estimate of drug-likeness (QED) is 0.227. The fraction of sp³-hybridized carbons (Fsp3) is 0. The van der Waals surface area contributed by atoms with Gasteiger partial charge in [0.2, 0.25) is 0 Å². The van der Waals surface area contributed by atoms with Crippen LogP contribution in [-0.2, 0) is 0 Å². The van der Waals surface area contributed by atoms with Crippen molar-refractivity contribution in [3.05, 3.63) is 26.8 Å². The van der Waals surface area contributed by atoms with Crippen LogP contribution in [0.2, 0.25) is 0 Å². The Kier molecular flexibility index (Phi) is 1.71. The number of aromatic amines is 1. The first-order chi connectivity index (χ1) is 5.24. The van der Waals surface area contributed by atoms with Crippen molar-refractivity contribution in [1.82, 2.24) is 9.97 Å². The van der Waals surface area contributed by atoms with E-state index in [0.717, 1.165) is 6.20 Å². The predicted octanol–water partition coefficient (Wildman–Crippen LogP) is 1.26. The van der Waals surface area contributed by atoms with Crippen LogP contribution in [0.5, 0.6) is 0 Å². The third-order valence-electron chi connectivity index (χ3n) is 0.877. The molecule has 0 saturated carbocycles. The van der Waals surface area contributed by atoms with E-state index in [2.05, 4.69) is 20.0 Å². The van der Waals surface area contributed by atoms with E-state index in [4.69, 9.17) is 5.53 Å². The number of nitrogens with zero attached hydrogens (tertiary/aromatic N) is 5. The summed E-state index contributed by atoms with van der Waals surface area (Å²) in [6.07, 6.45) is 1.05. The summed E-state index contributed by atoms with van der Waals surface area (Å²) >= 11 is 0. The molecule has 0 amide bonds.